The van der Waals surface area contributed by atoms with Crippen molar-refractivity contribution in [3.05, 3.63) is 59.4 Å². The van der Waals surface area contributed by atoms with Crippen LogP contribution in [-0.4, -0.2) is 37.7 Å². The number of nitrogens with zero attached hydrogens (tertiary/aromatic N) is 3. The average molecular weight is 393 g/mol. The van der Waals surface area contributed by atoms with Gasteiger partial charge < -0.3 is 14.4 Å². The van der Waals surface area contributed by atoms with Crippen LogP contribution in [0.1, 0.15) is 30.4 Å². The molecule has 0 unspecified atom stereocenters. The molecular weight excluding hydrogens is 369 g/mol. The number of likely N-dealkylation sites (tertiary alicyclic amines) is 1. The summed E-state index contributed by atoms with van der Waals surface area (Å²) in [6, 6.07) is 15.4. The molecule has 150 valence electrons. The van der Waals surface area contributed by atoms with E-state index in [1.807, 2.05) is 18.2 Å². The number of nitriles is 2. The number of ether oxygens (including phenoxy) is 2. The molecule has 0 spiro atoms. The summed E-state index contributed by atoms with van der Waals surface area (Å²) in [7, 11) is 0. The highest BCUT2D eigenvalue weighted by atomic mass is 19.1. The molecule has 6 heteroatoms. The van der Waals surface area contributed by atoms with Gasteiger partial charge in [-0.1, -0.05) is 0 Å². The van der Waals surface area contributed by atoms with Gasteiger partial charge in [-0.3, -0.25) is 0 Å². The zero-order valence-electron chi connectivity index (χ0n) is 16.3. The average Bonchev–Trinajstić information content (AvgIpc) is 2.76. The van der Waals surface area contributed by atoms with Crippen LogP contribution in [-0.2, 0) is 0 Å². The summed E-state index contributed by atoms with van der Waals surface area (Å²) in [4.78, 5) is 2.43. The molecule has 0 N–H and O–H groups in total. The van der Waals surface area contributed by atoms with Gasteiger partial charge in [-0.2, -0.15) is 10.5 Å². The molecule has 0 bridgehead atoms. The van der Waals surface area contributed by atoms with Crippen molar-refractivity contribution in [2.75, 3.05) is 32.8 Å². The standard InChI is InChI=1S/C23H24FN3O2/c24-23-14-22(7-4-20(23)16-26)29-17-19-8-11-27(12-9-19)10-1-13-28-21-5-2-18(15-25)3-6-21/h2-7,14,19H,1,8-13,17H2. The fourth-order valence-electron chi connectivity index (χ4n) is 3.37. The maximum Gasteiger partial charge on any atom is 0.144 e. The monoisotopic (exact) mass is 393 g/mol. The minimum absolute atomic E-state index is 0.0359. The van der Waals surface area contributed by atoms with Gasteiger partial charge in [0.15, 0.2) is 0 Å². The molecule has 1 aliphatic rings. The van der Waals surface area contributed by atoms with Crippen LogP contribution in [0.15, 0.2) is 42.5 Å². The topological polar surface area (TPSA) is 69.3 Å². The molecule has 0 aliphatic carbocycles. The van der Waals surface area contributed by atoms with Gasteiger partial charge in [0, 0.05) is 12.6 Å². The fraction of sp³-hybridized carbons (Fsp3) is 0.391. The lowest BCUT2D eigenvalue weighted by Crippen LogP contribution is -2.36. The zero-order valence-corrected chi connectivity index (χ0v) is 16.3. The Labute approximate surface area is 170 Å². The minimum Gasteiger partial charge on any atom is -0.494 e. The Hall–Kier alpha value is -3.09. The maximum atomic E-state index is 13.6. The molecule has 0 amide bonds. The molecule has 5 nitrogen and oxygen atoms in total. The first-order chi connectivity index (χ1) is 14.2. The van der Waals surface area contributed by atoms with E-state index in [1.54, 1.807) is 18.2 Å². The van der Waals surface area contributed by atoms with Crippen LogP contribution >= 0.6 is 0 Å². The summed E-state index contributed by atoms with van der Waals surface area (Å²) in [6.07, 6.45) is 3.05. The highest BCUT2D eigenvalue weighted by molar-refractivity contribution is 5.36. The lowest BCUT2D eigenvalue weighted by Gasteiger charge is -2.31. The van der Waals surface area contributed by atoms with Crippen molar-refractivity contribution in [3.8, 4) is 23.6 Å². The Kier molecular flexibility index (Phi) is 7.44. The van der Waals surface area contributed by atoms with Crippen molar-refractivity contribution >= 4 is 0 Å². The number of halogens is 1. The van der Waals surface area contributed by atoms with Crippen molar-refractivity contribution in [2.45, 2.75) is 19.3 Å². The molecule has 0 saturated carbocycles. The Morgan fingerprint density at radius 2 is 1.69 bits per heavy atom. The molecule has 1 fully saturated rings. The summed E-state index contributed by atoms with van der Waals surface area (Å²) in [5.74, 6) is 1.19. The molecule has 1 heterocycles. The van der Waals surface area contributed by atoms with Crippen LogP contribution in [0.3, 0.4) is 0 Å². The van der Waals surface area contributed by atoms with E-state index in [4.69, 9.17) is 20.0 Å². The second-order valence-electron chi connectivity index (χ2n) is 7.19. The molecule has 0 aromatic heterocycles. The summed E-state index contributed by atoms with van der Waals surface area (Å²) in [6.45, 7) is 4.25. The van der Waals surface area contributed by atoms with E-state index in [-0.39, 0.29) is 5.56 Å². The van der Waals surface area contributed by atoms with Crippen molar-refractivity contribution in [1.82, 2.24) is 4.90 Å². The minimum atomic E-state index is -0.539. The van der Waals surface area contributed by atoms with E-state index in [2.05, 4.69) is 11.0 Å². The smallest absolute Gasteiger partial charge is 0.144 e. The first-order valence-electron chi connectivity index (χ1n) is 9.85. The zero-order chi connectivity index (χ0) is 20.5. The molecule has 1 aliphatic heterocycles. The van der Waals surface area contributed by atoms with Crippen molar-refractivity contribution in [1.29, 1.82) is 10.5 Å². The molecule has 0 atom stereocenters. The van der Waals surface area contributed by atoms with Gasteiger partial charge in [0.25, 0.3) is 0 Å². The SMILES string of the molecule is N#Cc1ccc(OCCCN2CCC(COc3ccc(C#N)c(F)c3)CC2)cc1. The highest BCUT2D eigenvalue weighted by Crippen LogP contribution is 2.21. The van der Waals surface area contributed by atoms with E-state index >= 15 is 0 Å². The predicted molar refractivity (Wildman–Crippen MR) is 107 cm³/mol. The summed E-state index contributed by atoms with van der Waals surface area (Å²) >= 11 is 0. The van der Waals surface area contributed by atoms with Gasteiger partial charge in [-0.15, -0.1) is 0 Å². The van der Waals surface area contributed by atoms with Crippen LogP contribution < -0.4 is 9.47 Å². The maximum absolute atomic E-state index is 13.6. The Morgan fingerprint density at radius 3 is 2.34 bits per heavy atom. The second-order valence-corrected chi connectivity index (χ2v) is 7.19. The number of hydrogen-bond acceptors (Lipinski definition) is 5. The molecule has 29 heavy (non-hydrogen) atoms. The summed E-state index contributed by atoms with van der Waals surface area (Å²) < 4.78 is 25.1. The van der Waals surface area contributed by atoms with Crippen molar-refractivity contribution in [3.63, 3.8) is 0 Å². The van der Waals surface area contributed by atoms with Gasteiger partial charge in [0.1, 0.15) is 23.4 Å². The third-order valence-electron chi connectivity index (χ3n) is 5.12. The van der Waals surface area contributed by atoms with Gasteiger partial charge in [-0.25, -0.2) is 4.39 Å². The quantitative estimate of drug-likeness (QED) is 0.631. The molecule has 3 rings (SSSR count). The van der Waals surface area contributed by atoms with Crippen LogP contribution in [0.5, 0.6) is 11.5 Å². The third kappa shape index (κ3) is 6.20. The molecule has 1 saturated heterocycles. The largest absolute Gasteiger partial charge is 0.494 e. The van der Waals surface area contributed by atoms with Crippen LogP contribution in [0.25, 0.3) is 0 Å². The molecule has 0 radical (unpaired) electrons. The first kappa shape index (κ1) is 20.6. The van der Waals surface area contributed by atoms with Crippen LogP contribution in [0.2, 0.25) is 0 Å². The van der Waals surface area contributed by atoms with E-state index in [0.717, 1.165) is 44.6 Å². The van der Waals surface area contributed by atoms with Crippen molar-refractivity contribution in [2.24, 2.45) is 5.92 Å². The Balaban J connectivity index is 1.30. The number of piperidine rings is 1. The first-order valence-corrected chi connectivity index (χ1v) is 9.85. The second kappa shape index (κ2) is 10.5. The number of hydrogen-bond donors (Lipinski definition) is 0. The van der Waals surface area contributed by atoms with Crippen LogP contribution in [0.4, 0.5) is 4.39 Å². The highest BCUT2D eigenvalue weighted by Gasteiger charge is 2.19. The van der Waals surface area contributed by atoms with Gasteiger partial charge in [0.05, 0.1) is 30.4 Å². The van der Waals surface area contributed by atoms with Crippen LogP contribution in [0, 0.1) is 34.4 Å². The number of benzene rings is 2. The normalized spacial score (nSPS) is 14.7. The lowest BCUT2D eigenvalue weighted by atomic mass is 9.98. The molecule has 2 aromatic carbocycles. The van der Waals surface area contributed by atoms with E-state index < -0.39 is 5.82 Å². The van der Waals surface area contributed by atoms with Gasteiger partial charge in [-0.05, 0) is 74.7 Å². The van der Waals surface area contributed by atoms with E-state index in [1.165, 1.54) is 12.1 Å². The molecule has 2 aromatic rings. The number of rotatable bonds is 8. The van der Waals surface area contributed by atoms with E-state index in [9.17, 15) is 4.39 Å². The fourth-order valence-corrected chi connectivity index (χ4v) is 3.37. The third-order valence-corrected chi connectivity index (χ3v) is 5.12. The summed E-state index contributed by atoms with van der Waals surface area (Å²) in [5, 5.41) is 17.6. The predicted octanol–water partition coefficient (Wildman–Crippen LogP) is 4.13. The van der Waals surface area contributed by atoms with Gasteiger partial charge in [0.2, 0.25) is 0 Å². The summed E-state index contributed by atoms with van der Waals surface area (Å²) in [5.41, 5.74) is 0.669. The van der Waals surface area contributed by atoms with Crippen molar-refractivity contribution < 1.29 is 13.9 Å². The Morgan fingerprint density at radius 1 is 0.966 bits per heavy atom. The Bertz CT molecular complexity index is 878. The van der Waals surface area contributed by atoms with Gasteiger partial charge >= 0.3 is 0 Å². The molecular formula is C23H24FN3O2. The lowest BCUT2D eigenvalue weighted by molar-refractivity contribution is 0.135. The van der Waals surface area contributed by atoms with E-state index in [0.29, 0.717) is 30.4 Å².